The van der Waals surface area contributed by atoms with Crippen molar-refractivity contribution in [2.75, 3.05) is 6.54 Å². The van der Waals surface area contributed by atoms with Crippen molar-refractivity contribution in [1.82, 2.24) is 15.6 Å². The molecule has 4 nitrogen and oxygen atoms in total. The summed E-state index contributed by atoms with van der Waals surface area (Å²) in [6, 6.07) is 12.3. The van der Waals surface area contributed by atoms with Crippen molar-refractivity contribution >= 4 is 6.03 Å². The lowest BCUT2D eigenvalue weighted by Crippen LogP contribution is -2.38. The summed E-state index contributed by atoms with van der Waals surface area (Å²) in [5.41, 5.74) is 3.72. The Morgan fingerprint density at radius 2 is 2.14 bits per heavy atom. The predicted octanol–water partition coefficient (Wildman–Crippen LogP) is 2.61. The van der Waals surface area contributed by atoms with Gasteiger partial charge in [-0.15, -0.1) is 0 Å². The van der Waals surface area contributed by atoms with Crippen LogP contribution in [0.2, 0.25) is 0 Å². The third-order valence-corrected chi connectivity index (χ3v) is 3.86. The molecule has 3 rings (SSSR count). The Balaban J connectivity index is 1.47. The highest BCUT2D eigenvalue weighted by Crippen LogP contribution is 2.30. The zero-order valence-electron chi connectivity index (χ0n) is 11.9. The molecule has 0 radical (unpaired) electrons. The molecule has 2 amide bonds. The van der Waals surface area contributed by atoms with Gasteiger partial charge in [0.25, 0.3) is 0 Å². The van der Waals surface area contributed by atoms with Crippen LogP contribution in [0.5, 0.6) is 0 Å². The van der Waals surface area contributed by atoms with Crippen molar-refractivity contribution in [2.24, 2.45) is 0 Å². The van der Waals surface area contributed by atoms with Crippen molar-refractivity contribution in [3.8, 4) is 0 Å². The monoisotopic (exact) mass is 281 g/mol. The molecule has 1 heterocycles. The average molecular weight is 281 g/mol. The summed E-state index contributed by atoms with van der Waals surface area (Å²) >= 11 is 0. The molecular formula is C17H19N3O. The number of hydrogen-bond acceptors (Lipinski definition) is 2. The lowest BCUT2D eigenvalue weighted by atomic mass is 10.1. The second-order valence-electron chi connectivity index (χ2n) is 5.30. The van der Waals surface area contributed by atoms with Crippen molar-refractivity contribution < 1.29 is 4.79 Å². The zero-order chi connectivity index (χ0) is 14.5. The van der Waals surface area contributed by atoms with Crippen LogP contribution in [0, 0.1) is 0 Å². The Hall–Kier alpha value is -2.36. The minimum Gasteiger partial charge on any atom is -0.338 e. The normalized spacial score (nSPS) is 16.3. The summed E-state index contributed by atoms with van der Waals surface area (Å²) in [6.07, 6.45) is 6.39. The summed E-state index contributed by atoms with van der Waals surface area (Å²) in [5, 5.41) is 5.97. The number of benzene rings is 1. The number of hydrogen-bond donors (Lipinski definition) is 2. The van der Waals surface area contributed by atoms with E-state index < -0.39 is 0 Å². The number of rotatable bonds is 4. The van der Waals surface area contributed by atoms with E-state index in [1.54, 1.807) is 6.20 Å². The van der Waals surface area contributed by atoms with Gasteiger partial charge in [0.1, 0.15) is 0 Å². The fourth-order valence-corrected chi connectivity index (χ4v) is 2.78. The first-order valence-corrected chi connectivity index (χ1v) is 7.34. The van der Waals surface area contributed by atoms with E-state index in [0.29, 0.717) is 6.54 Å². The summed E-state index contributed by atoms with van der Waals surface area (Å²) in [6.45, 7) is 0.617. The van der Waals surface area contributed by atoms with E-state index in [1.807, 2.05) is 24.4 Å². The van der Waals surface area contributed by atoms with E-state index in [2.05, 4.69) is 33.8 Å². The van der Waals surface area contributed by atoms with Crippen molar-refractivity contribution in [2.45, 2.75) is 25.3 Å². The van der Waals surface area contributed by atoms with E-state index in [1.165, 1.54) is 11.1 Å². The lowest BCUT2D eigenvalue weighted by molar-refractivity contribution is 0.237. The zero-order valence-corrected chi connectivity index (χ0v) is 11.9. The number of nitrogens with one attached hydrogen (secondary N) is 2. The van der Waals surface area contributed by atoms with Gasteiger partial charge in [-0.1, -0.05) is 30.3 Å². The minimum absolute atomic E-state index is 0.0967. The standard InChI is InChI=1S/C17H19N3O/c21-17(19-11-9-13-4-3-10-18-12-13)20-16-8-7-14-5-1-2-6-15(14)16/h1-6,10,12,16H,7-9,11H2,(H2,19,20,21)/t16-/m0/s1. The van der Waals surface area contributed by atoms with E-state index in [-0.39, 0.29) is 12.1 Å². The summed E-state index contributed by atoms with van der Waals surface area (Å²) in [4.78, 5) is 16.0. The van der Waals surface area contributed by atoms with Gasteiger partial charge in [0.15, 0.2) is 0 Å². The summed E-state index contributed by atoms with van der Waals surface area (Å²) < 4.78 is 0. The first-order chi connectivity index (χ1) is 10.3. The molecule has 1 aliphatic rings. The maximum Gasteiger partial charge on any atom is 0.315 e. The van der Waals surface area contributed by atoms with Crippen LogP contribution < -0.4 is 10.6 Å². The minimum atomic E-state index is -0.0967. The Morgan fingerprint density at radius 1 is 1.24 bits per heavy atom. The number of aromatic nitrogens is 1. The number of nitrogens with zero attached hydrogens (tertiary/aromatic N) is 1. The lowest BCUT2D eigenvalue weighted by Gasteiger charge is -2.14. The Bertz CT molecular complexity index is 612. The largest absolute Gasteiger partial charge is 0.338 e. The molecule has 1 aromatic heterocycles. The van der Waals surface area contributed by atoms with Gasteiger partial charge in [-0.25, -0.2) is 4.79 Å². The van der Waals surface area contributed by atoms with Crippen LogP contribution in [0.1, 0.15) is 29.2 Å². The van der Waals surface area contributed by atoms with E-state index in [9.17, 15) is 4.79 Å². The number of amides is 2. The number of carbonyl (C=O) groups is 1. The van der Waals surface area contributed by atoms with Gasteiger partial charge in [0.2, 0.25) is 0 Å². The molecular weight excluding hydrogens is 262 g/mol. The number of carbonyl (C=O) groups excluding carboxylic acids is 1. The third-order valence-electron chi connectivity index (χ3n) is 3.86. The quantitative estimate of drug-likeness (QED) is 0.905. The molecule has 2 aromatic rings. The predicted molar refractivity (Wildman–Crippen MR) is 82.0 cm³/mol. The van der Waals surface area contributed by atoms with Crippen molar-refractivity contribution in [3.63, 3.8) is 0 Å². The molecule has 108 valence electrons. The third kappa shape index (κ3) is 3.40. The highest BCUT2D eigenvalue weighted by Gasteiger charge is 2.22. The molecule has 2 N–H and O–H groups in total. The Labute approximate surface area is 124 Å². The maximum absolute atomic E-state index is 12.0. The molecule has 0 saturated carbocycles. The van der Waals surface area contributed by atoms with Crippen LogP contribution in [0.25, 0.3) is 0 Å². The number of urea groups is 1. The molecule has 0 saturated heterocycles. The molecule has 0 bridgehead atoms. The van der Waals surface area contributed by atoms with Gasteiger partial charge in [0, 0.05) is 18.9 Å². The molecule has 1 aliphatic carbocycles. The van der Waals surface area contributed by atoms with Gasteiger partial charge < -0.3 is 10.6 Å². The number of aryl methyl sites for hydroxylation is 1. The molecule has 21 heavy (non-hydrogen) atoms. The van der Waals surface area contributed by atoms with Gasteiger partial charge in [-0.2, -0.15) is 0 Å². The second-order valence-corrected chi connectivity index (χ2v) is 5.30. The fourth-order valence-electron chi connectivity index (χ4n) is 2.78. The molecule has 0 spiro atoms. The highest BCUT2D eigenvalue weighted by molar-refractivity contribution is 5.74. The number of pyridine rings is 1. The van der Waals surface area contributed by atoms with Gasteiger partial charge in [-0.3, -0.25) is 4.98 Å². The smallest absolute Gasteiger partial charge is 0.315 e. The van der Waals surface area contributed by atoms with Crippen LogP contribution in [-0.4, -0.2) is 17.6 Å². The number of fused-ring (bicyclic) bond motifs is 1. The van der Waals surface area contributed by atoms with Crippen LogP contribution >= 0.6 is 0 Å². The van der Waals surface area contributed by atoms with Crippen LogP contribution in [-0.2, 0) is 12.8 Å². The molecule has 0 aliphatic heterocycles. The van der Waals surface area contributed by atoms with Crippen LogP contribution in [0.4, 0.5) is 4.79 Å². The summed E-state index contributed by atoms with van der Waals surface area (Å²) in [5.74, 6) is 0. The van der Waals surface area contributed by atoms with E-state index in [4.69, 9.17) is 0 Å². The Kier molecular flexibility index (Phi) is 4.15. The SMILES string of the molecule is O=C(NCCc1cccnc1)N[C@H]1CCc2ccccc21. The highest BCUT2D eigenvalue weighted by atomic mass is 16.2. The van der Waals surface area contributed by atoms with Gasteiger partial charge in [-0.05, 0) is 42.0 Å². The van der Waals surface area contributed by atoms with E-state index >= 15 is 0 Å². The summed E-state index contributed by atoms with van der Waals surface area (Å²) in [7, 11) is 0. The van der Waals surface area contributed by atoms with Crippen LogP contribution in [0.3, 0.4) is 0 Å². The second kappa shape index (κ2) is 6.39. The van der Waals surface area contributed by atoms with Crippen LogP contribution in [0.15, 0.2) is 48.8 Å². The van der Waals surface area contributed by atoms with E-state index in [0.717, 1.165) is 24.8 Å². The van der Waals surface area contributed by atoms with Crippen molar-refractivity contribution in [1.29, 1.82) is 0 Å². The first kappa shape index (κ1) is 13.6. The molecule has 0 fully saturated rings. The molecule has 1 aromatic carbocycles. The average Bonchev–Trinajstić information content (AvgIpc) is 2.92. The van der Waals surface area contributed by atoms with Gasteiger partial charge in [0.05, 0.1) is 6.04 Å². The van der Waals surface area contributed by atoms with Gasteiger partial charge >= 0.3 is 6.03 Å². The maximum atomic E-state index is 12.0. The Morgan fingerprint density at radius 3 is 3.00 bits per heavy atom. The molecule has 4 heteroatoms. The molecule has 0 unspecified atom stereocenters. The topological polar surface area (TPSA) is 54.0 Å². The first-order valence-electron chi connectivity index (χ1n) is 7.34. The fraction of sp³-hybridized carbons (Fsp3) is 0.294. The molecule has 1 atom stereocenters. The van der Waals surface area contributed by atoms with Crippen molar-refractivity contribution in [3.05, 3.63) is 65.5 Å².